The van der Waals surface area contributed by atoms with Crippen LogP contribution in [0.3, 0.4) is 0 Å². The monoisotopic (exact) mass is 285 g/mol. The molecule has 4 nitrogen and oxygen atoms in total. The molecular weight excluding hydrogens is 262 g/mol. The number of benzene rings is 1. The minimum absolute atomic E-state index is 0.392. The van der Waals surface area contributed by atoms with E-state index < -0.39 is 0 Å². The summed E-state index contributed by atoms with van der Waals surface area (Å²) in [6.45, 7) is 5.76. The van der Waals surface area contributed by atoms with E-state index in [0.29, 0.717) is 6.04 Å². The highest BCUT2D eigenvalue weighted by molar-refractivity contribution is 5.92. The molecule has 3 rings (SSSR count). The van der Waals surface area contributed by atoms with Crippen LogP contribution in [0.4, 0.5) is 5.82 Å². The lowest BCUT2D eigenvalue weighted by molar-refractivity contribution is 0.327. The maximum absolute atomic E-state index is 5.28. The zero-order chi connectivity index (χ0) is 14.7. The van der Waals surface area contributed by atoms with Crippen molar-refractivity contribution in [1.82, 2.24) is 9.88 Å². The first-order valence-electron chi connectivity index (χ1n) is 7.68. The first-order valence-corrected chi connectivity index (χ1v) is 7.68. The van der Waals surface area contributed by atoms with Gasteiger partial charge in [0, 0.05) is 24.2 Å². The molecule has 112 valence electrons. The number of fused-ring (bicyclic) bond motifs is 1. The van der Waals surface area contributed by atoms with Crippen LogP contribution in [0, 0.1) is 0 Å². The number of hydrogen-bond acceptors (Lipinski definition) is 4. The Morgan fingerprint density at radius 2 is 2.10 bits per heavy atom. The Hall–Kier alpha value is -1.81. The number of nitrogens with zero attached hydrogens (tertiary/aromatic N) is 2. The number of ether oxygens (including phenoxy) is 1. The van der Waals surface area contributed by atoms with Crippen molar-refractivity contribution in [3.8, 4) is 5.75 Å². The maximum atomic E-state index is 5.28. The Labute approximate surface area is 126 Å². The number of likely N-dealkylation sites (tertiary alicyclic amines) is 1. The van der Waals surface area contributed by atoms with Gasteiger partial charge < -0.3 is 15.0 Å². The van der Waals surface area contributed by atoms with Crippen molar-refractivity contribution >= 4 is 16.6 Å². The third-order valence-electron chi connectivity index (χ3n) is 4.09. The summed E-state index contributed by atoms with van der Waals surface area (Å²) in [5.41, 5.74) is 0. The molecule has 2 aromatic rings. The average molecular weight is 285 g/mol. The smallest absolute Gasteiger partial charge is 0.134 e. The zero-order valence-corrected chi connectivity index (χ0v) is 12.8. The second kappa shape index (κ2) is 6.31. The van der Waals surface area contributed by atoms with Crippen LogP contribution in [-0.4, -0.2) is 42.7 Å². The van der Waals surface area contributed by atoms with Gasteiger partial charge in [-0.05, 0) is 62.5 Å². The van der Waals surface area contributed by atoms with Crippen LogP contribution in [0.2, 0.25) is 0 Å². The second-order valence-corrected chi connectivity index (χ2v) is 5.80. The van der Waals surface area contributed by atoms with Crippen LogP contribution in [0.15, 0.2) is 30.5 Å². The minimum Gasteiger partial charge on any atom is -0.497 e. The highest BCUT2D eigenvalue weighted by atomic mass is 16.5. The highest BCUT2D eigenvalue weighted by Crippen LogP contribution is 2.25. The fourth-order valence-corrected chi connectivity index (χ4v) is 3.03. The Kier molecular flexibility index (Phi) is 4.25. The molecule has 1 aliphatic heterocycles. The molecule has 0 saturated carbocycles. The molecule has 1 N–H and O–H groups in total. The van der Waals surface area contributed by atoms with Crippen LogP contribution >= 0.6 is 0 Å². The van der Waals surface area contributed by atoms with Gasteiger partial charge in [0.1, 0.15) is 11.6 Å². The maximum Gasteiger partial charge on any atom is 0.134 e. The van der Waals surface area contributed by atoms with Crippen LogP contribution < -0.4 is 10.1 Å². The highest BCUT2D eigenvalue weighted by Gasteiger charge is 2.15. The Bertz CT molecular complexity index is 608. The fourth-order valence-electron chi connectivity index (χ4n) is 3.03. The molecule has 4 heteroatoms. The average Bonchev–Trinajstić information content (AvgIpc) is 2.99. The third-order valence-corrected chi connectivity index (χ3v) is 4.09. The summed E-state index contributed by atoms with van der Waals surface area (Å²) in [6, 6.07) is 8.52. The summed E-state index contributed by atoms with van der Waals surface area (Å²) in [5.74, 6) is 1.84. The van der Waals surface area contributed by atoms with Gasteiger partial charge in [-0.1, -0.05) is 0 Å². The molecule has 1 aromatic carbocycles. The van der Waals surface area contributed by atoms with Gasteiger partial charge in [-0.2, -0.15) is 0 Å². The van der Waals surface area contributed by atoms with Crippen molar-refractivity contribution in [3.05, 3.63) is 30.5 Å². The first-order chi connectivity index (χ1) is 10.3. The van der Waals surface area contributed by atoms with E-state index in [1.165, 1.54) is 25.9 Å². The van der Waals surface area contributed by atoms with E-state index >= 15 is 0 Å². The van der Waals surface area contributed by atoms with Crippen molar-refractivity contribution in [1.29, 1.82) is 0 Å². The number of hydrogen-bond donors (Lipinski definition) is 1. The summed E-state index contributed by atoms with van der Waals surface area (Å²) >= 11 is 0. The Morgan fingerprint density at radius 3 is 2.86 bits per heavy atom. The van der Waals surface area contributed by atoms with Gasteiger partial charge in [0.15, 0.2) is 0 Å². The van der Waals surface area contributed by atoms with Gasteiger partial charge >= 0.3 is 0 Å². The second-order valence-electron chi connectivity index (χ2n) is 5.80. The van der Waals surface area contributed by atoms with Crippen LogP contribution in [0.1, 0.15) is 19.8 Å². The molecule has 0 amide bonds. The predicted octanol–water partition coefficient (Wildman–Crippen LogP) is 3.14. The molecule has 1 fully saturated rings. The van der Waals surface area contributed by atoms with E-state index in [-0.39, 0.29) is 0 Å². The molecule has 2 heterocycles. The number of anilines is 1. The van der Waals surface area contributed by atoms with Gasteiger partial charge in [0.05, 0.1) is 7.11 Å². The third kappa shape index (κ3) is 3.27. The number of rotatable bonds is 5. The summed E-state index contributed by atoms with van der Waals surface area (Å²) in [6.07, 6.45) is 4.52. The van der Waals surface area contributed by atoms with Gasteiger partial charge in [-0.3, -0.25) is 0 Å². The van der Waals surface area contributed by atoms with E-state index in [0.717, 1.165) is 28.9 Å². The molecule has 1 aromatic heterocycles. The first kappa shape index (κ1) is 14.1. The van der Waals surface area contributed by atoms with Crippen molar-refractivity contribution in [3.63, 3.8) is 0 Å². The molecular formula is C17H23N3O. The normalized spacial score (nSPS) is 17.0. The molecule has 0 aliphatic carbocycles. The van der Waals surface area contributed by atoms with Crippen molar-refractivity contribution < 1.29 is 4.74 Å². The molecule has 1 unspecified atom stereocenters. The van der Waals surface area contributed by atoms with Crippen molar-refractivity contribution in [2.75, 3.05) is 32.1 Å². The van der Waals surface area contributed by atoms with Crippen LogP contribution in [0.25, 0.3) is 10.8 Å². The van der Waals surface area contributed by atoms with Gasteiger partial charge in [0.25, 0.3) is 0 Å². The summed E-state index contributed by atoms with van der Waals surface area (Å²) < 4.78 is 5.28. The van der Waals surface area contributed by atoms with E-state index in [2.05, 4.69) is 28.2 Å². The lowest BCUT2D eigenvalue weighted by Gasteiger charge is -2.22. The summed E-state index contributed by atoms with van der Waals surface area (Å²) in [7, 11) is 1.69. The number of nitrogens with one attached hydrogen (secondary N) is 1. The Morgan fingerprint density at radius 1 is 1.29 bits per heavy atom. The standard InChI is InChI=1S/C17H23N3O/c1-13(12-20-9-3-4-10-20)19-17-16-6-5-15(21-2)11-14(16)7-8-18-17/h5-8,11,13H,3-4,9-10,12H2,1-2H3,(H,18,19). The largest absolute Gasteiger partial charge is 0.497 e. The van der Waals surface area contributed by atoms with Crippen molar-refractivity contribution in [2.24, 2.45) is 0 Å². The molecule has 1 aliphatic rings. The molecule has 0 bridgehead atoms. The zero-order valence-electron chi connectivity index (χ0n) is 12.8. The van der Waals surface area contributed by atoms with Gasteiger partial charge in [-0.15, -0.1) is 0 Å². The predicted molar refractivity (Wildman–Crippen MR) is 87.1 cm³/mol. The number of methoxy groups -OCH3 is 1. The lowest BCUT2D eigenvalue weighted by Crippen LogP contribution is -2.33. The molecule has 0 spiro atoms. The minimum atomic E-state index is 0.392. The summed E-state index contributed by atoms with van der Waals surface area (Å²) in [4.78, 5) is 7.03. The van der Waals surface area contributed by atoms with E-state index in [9.17, 15) is 0 Å². The topological polar surface area (TPSA) is 37.4 Å². The van der Waals surface area contributed by atoms with Crippen LogP contribution in [-0.2, 0) is 0 Å². The van der Waals surface area contributed by atoms with Crippen LogP contribution in [0.5, 0.6) is 5.75 Å². The summed E-state index contributed by atoms with van der Waals surface area (Å²) in [5, 5.41) is 5.85. The van der Waals surface area contributed by atoms with E-state index in [1.54, 1.807) is 7.11 Å². The van der Waals surface area contributed by atoms with Gasteiger partial charge in [-0.25, -0.2) is 4.98 Å². The fraction of sp³-hybridized carbons (Fsp3) is 0.471. The number of pyridine rings is 1. The van der Waals surface area contributed by atoms with Crippen molar-refractivity contribution in [2.45, 2.75) is 25.8 Å². The SMILES string of the molecule is COc1ccc2c(NC(C)CN3CCCC3)nccc2c1. The molecule has 0 radical (unpaired) electrons. The quantitative estimate of drug-likeness (QED) is 0.916. The number of aromatic nitrogens is 1. The Balaban J connectivity index is 1.76. The molecule has 1 atom stereocenters. The van der Waals surface area contributed by atoms with Gasteiger partial charge in [0.2, 0.25) is 0 Å². The lowest BCUT2D eigenvalue weighted by atomic mass is 10.1. The van der Waals surface area contributed by atoms with E-state index in [1.807, 2.05) is 24.4 Å². The van der Waals surface area contributed by atoms with E-state index in [4.69, 9.17) is 4.74 Å². The molecule has 1 saturated heterocycles. The molecule has 21 heavy (non-hydrogen) atoms.